The summed E-state index contributed by atoms with van der Waals surface area (Å²) in [5.41, 5.74) is 5.26. The molecule has 0 saturated carbocycles. The van der Waals surface area contributed by atoms with Crippen LogP contribution in [-0.4, -0.2) is 9.91 Å². The summed E-state index contributed by atoms with van der Waals surface area (Å²) < 4.78 is 0. The third kappa shape index (κ3) is 0.835. The molecule has 3 N–H and O–H groups in total. The van der Waals surface area contributed by atoms with Crippen molar-refractivity contribution in [3.05, 3.63) is 22.5 Å². The second-order valence-electron chi connectivity index (χ2n) is 1.55. The summed E-state index contributed by atoms with van der Waals surface area (Å²) in [5, 5.41) is 9.99. The molecule has 1 aromatic rings. The minimum absolute atomic E-state index is 0.0741. The van der Waals surface area contributed by atoms with Crippen molar-refractivity contribution in [3.8, 4) is 0 Å². The number of rotatable bonds is 1. The largest absolute Gasteiger partial charge is 0.392 e. The number of anilines is 1. The topological polar surface area (TPSA) is 85.0 Å². The molecule has 5 heteroatoms. The predicted octanol–water partition coefficient (Wildman–Crippen LogP) is 0.505. The first-order chi connectivity index (χ1) is 4.22. The fourth-order valence-electron chi connectivity index (χ4n) is 0.526. The lowest BCUT2D eigenvalue weighted by Crippen LogP contribution is -1.90. The molecular weight excluding hydrogens is 122 g/mol. The minimum Gasteiger partial charge on any atom is -0.392 e. The van der Waals surface area contributed by atoms with Gasteiger partial charge in [0.05, 0.1) is 11.1 Å². The molecule has 0 fully saturated rings. The van der Waals surface area contributed by atoms with E-state index in [1.165, 1.54) is 12.4 Å². The molecule has 0 aliphatic rings. The van der Waals surface area contributed by atoms with E-state index < -0.39 is 4.92 Å². The molecule has 0 atom stereocenters. The van der Waals surface area contributed by atoms with Gasteiger partial charge in [-0.25, -0.2) is 0 Å². The van der Waals surface area contributed by atoms with Crippen molar-refractivity contribution in [1.29, 1.82) is 0 Å². The van der Waals surface area contributed by atoms with Crippen LogP contribution in [0.4, 0.5) is 11.4 Å². The zero-order chi connectivity index (χ0) is 6.85. The SMILES string of the molecule is Nc1c[nH]cc1[N+](=O)[O-]. The number of nitrogen functional groups attached to an aromatic ring is 1. The van der Waals surface area contributed by atoms with Gasteiger partial charge in [-0.3, -0.25) is 10.1 Å². The maximum absolute atomic E-state index is 9.99. The first-order valence-corrected chi connectivity index (χ1v) is 2.28. The summed E-state index contributed by atoms with van der Waals surface area (Å²) in [4.78, 5) is 12.0. The molecule has 1 aromatic heterocycles. The molecule has 0 aliphatic carbocycles. The highest BCUT2D eigenvalue weighted by Crippen LogP contribution is 2.17. The van der Waals surface area contributed by atoms with Crippen LogP contribution in [0.5, 0.6) is 0 Å². The van der Waals surface area contributed by atoms with Gasteiger partial charge in [-0.1, -0.05) is 0 Å². The molecule has 0 amide bonds. The van der Waals surface area contributed by atoms with Crippen molar-refractivity contribution in [3.63, 3.8) is 0 Å². The Morgan fingerprint density at radius 2 is 2.33 bits per heavy atom. The van der Waals surface area contributed by atoms with Crippen LogP contribution in [0.3, 0.4) is 0 Å². The first kappa shape index (κ1) is 5.61. The summed E-state index contributed by atoms with van der Waals surface area (Å²) in [6, 6.07) is 0. The van der Waals surface area contributed by atoms with Gasteiger partial charge >= 0.3 is 5.69 Å². The van der Waals surface area contributed by atoms with Gasteiger partial charge < -0.3 is 10.7 Å². The quantitative estimate of drug-likeness (QED) is 0.425. The fourth-order valence-corrected chi connectivity index (χ4v) is 0.526. The smallest absolute Gasteiger partial charge is 0.309 e. The van der Waals surface area contributed by atoms with Crippen LogP contribution in [0.25, 0.3) is 0 Å². The number of nitrogens with one attached hydrogen (secondary N) is 1. The number of nitro groups is 1. The maximum atomic E-state index is 9.99. The molecular formula is C4H5N3O2. The van der Waals surface area contributed by atoms with E-state index in [1.807, 2.05) is 0 Å². The summed E-state index contributed by atoms with van der Waals surface area (Å²) >= 11 is 0. The standard InChI is InChI=1S/C4H5N3O2/c5-3-1-6-2-4(3)7(8)9/h1-2,6H,5H2. The third-order valence-corrected chi connectivity index (χ3v) is 0.951. The van der Waals surface area contributed by atoms with Crippen LogP contribution in [0.2, 0.25) is 0 Å². The Morgan fingerprint density at radius 3 is 2.56 bits per heavy atom. The molecule has 0 bridgehead atoms. The molecule has 0 spiro atoms. The van der Waals surface area contributed by atoms with E-state index >= 15 is 0 Å². The average molecular weight is 127 g/mol. The number of aromatic amines is 1. The normalized spacial score (nSPS) is 9.33. The van der Waals surface area contributed by atoms with Gasteiger partial charge in [-0.15, -0.1) is 0 Å². The number of hydrogen-bond donors (Lipinski definition) is 2. The average Bonchev–Trinajstić information content (AvgIpc) is 2.13. The van der Waals surface area contributed by atoms with Crippen molar-refractivity contribution in [2.45, 2.75) is 0 Å². The Balaban J connectivity index is 3.08. The summed E-state index contributed by atoms with van der Waals surface area (Å²) in [6.45, 7) is 0. The van der Waals surface area contributed by atoms with Crippen LogP contribution >= 0.6 is 0 Å². The lowest BCUT2D eigenvalue weighted by Gasteiger charge is -1.83. The number of nitrogens with two attached hydrogens (primary N) is 1. The molecule has 1 heterocycles. The molecule has 5 nitrogen and oxygen atoms in total. The van der Waals surface area contributed by atoms with E-state index in [9.17, 15) is 10.1 Å². The summed E-state index contributed by atoms with van der Waals surface area (Å²) in [7, 11) is 0. The summed E-state index contributed by atoms with van der Waals surface area (Å²) in [5.74, 6) is 0. The van der Waals surface area contributed by atoms with Gasteiger partial charge in [0.15, 0.2) is 0 Å². The Morgan fingerprint density at radius 1 is 1.67 bits per heavy atom. The van der Waals surface area contributed by atoms with E-state index in [4.69, 9.17) is 5.73 Å². The van der Waals surface area contributed by atoms with Gasteiger partial charge in [0.2, 0.25) is 0 Å². The van der Waals surface area contributed by atoms with Gasteiger partial charge in [0.25, 0.3) is 0 Å². The monoisotopic (exact) mass is 127 g/mol. The third-order valence-electron chi connectivity index (χ3n) is 0.951. The van der Waals surface area contributed by atoms with E-state index in [-0.39, 0.29) is 11.4 Å². The summed E-state index contributed by atoms with van der Waals surface area (Å²) in [6.07, 6.45) is 2.62. The second-order valence-corrected chi connectivity index (χ2v) is 1.55. The van der Waals surface area contributed by atoms with Crippen LogP contribution in [0.1, 0.15) is 0 Å². The highest BCUT2D eigenvalue weighted by atomic mass is 16.6. The van der Waals surface area contributed by atoms with Gasteiger partial charge in [0, 0.05) is 6.20 Å². The Bertz CT molecular complexity index is 229. The molecule has 1 rings (SSSR count). The highest BCUT2D eigenvalue weighted by molar-refractivity contribution is 5.55. The van der Waals surface area contributed by atoms with Crippen LogP contribution in [-0.2, 0) is 0 Å². The number of nitrogens with zero attached hydrogens (tertiary/aromatic N) is 1. The lowest BCUT2D eigenvalue weighted by molar-refractivity contribution is -0.383. The molecule has 9 heavy (non-hydrogen) atoms. The van der Waals surface area contributed by atoms with Crippen LogP contribution in [0, 0.1) is 10.1 Å². The zero-order valence-corrected chi connectivity index (χ0v) is 4.50. The van der Waals surface area contributed by atoms with Crippen LogP contribution < -0.4 is 5.73 Å². The highest BCUT2D eigenvalue weighted by Gasteiger charge is 2.09. The van der Waals surface area contributed by atoms with Crippen molar-refractivity contribution in [1.82, 2.24) is 4.98 Å². The number of hydrogen-bond acceptors (Lipinski definition) is 3. The minimum atomic E-state index is -0.536. The molecule has 0 aromatic carbocycles. The Labute approximate surface area is 50.6 Å². The molecule has 0 aliphatic heterocycles. The fraction of sp³-hybridized carbons (Fsp3) is 0. The predicted molar refractivity (Wildman–Crippen MR) is 31.9 cm³/mol. The van der Waals surface area contributed by atoms with Crippen molar-refractivity contribution >= 4 is 11.4 Å². The van der Waals surface area contributed by atoms with Gasteiger partial charge in [0.1, 0.15) is 5.69 Å². The van der Waals surface area contributed by atoms with E-state index in [2.05, 4.69) is 4.98 Å². The van der Waals surface area contributed by atoms with Gasteiger partial charge in [-0.2, -0.15) is 0 Å². The second kappa shape index (κ2) is 1.77. The molecule has 0 saturated heterocycles. The van der Waals surface area contributed by atoms with Crippen molar-refractivity contribution in [2.75, 3.05) is 5.73 Å². The van der Waals surface area contributed by atoms with Crippen LogP contribution in [0.15, 0.2) is 12.4 Å². The van der Waals surface area contributed by atoms with Crippen molar-refractivity contribution < 1.29 is 4.92 Å². The lowest BCUT2D eigenvalue weighted by atomic mass is 10.5. The molecule has 0 radical (unpaired) electrons. The van der Waals surface area contributed by atoms with E-state index in [0.717, 1.165) is 0 Å². The molecule has 48 valence electrons. The number of H-pyrrole nitrogens is 1. The maximum Gasteiger partial charge on any atom is 0.309 e. The Hall–Kier alpha value is -1.52. The number of aromatic nitrogens is 1. The Kier molecular flexibility index (Phi) is 1.11. The van der Waals surface area contributed by atoms with E-state index in [1.54, 1.807) is 0 Å². The van der Waals surface area contributed by atoms with Gasteiger partial charge in [-0.05, 0) is 0 Å². The van der Waals surface area contributed by atoms with E-state index in [0.29, 0.717) is 0 Å². The molecule has 0 unspecified atom stereocenters. The first-order valence-electron chi connectivity index (χ1n) is 2.28. The zero-order valence-electron chi connectivity index (χ0n) is 4.50. The van der Waals surface area contributed by atoms with Crippen molar-refractivity contribution in [2.24, 2.45) is 0 Å².